The molecule has 1 aromatic rings. The van der Waals surface area contributed by atoms with Gasteiger partial charge < -0.3 is 20.3 Å². The molecule has 0 aliphatic heterocycles. The maximum Gasteiger partial charge on any atom is 0.328 e. The summed E-state index contributed by atoms with van der Waals surface area (Å²) in [5.74, 6) is -0.348. The largest absolute Gasteiger partial charge is 0.480 e. The van der Waals surface area contributed by atoms with Crippen molar-refractivity contribution < 1.29 is 14.7 Å². The number of carbonyl (C=O) groups is 2. The zero-order chi connectivity index (χ0) is 13.8. The van der Waals surface area contributed by atoms with E-state index in [-0.39, 0.29) is 0 Å². The Morgan fingerprint density at radius 1 is 1.50 bits per heavy atom. The smallest absolute Gasteiger partial charge is 0.328 e. The first-order chi connectivity index (χ1) is 8.33. The molecular weight excluding hydrogens is 238 g/mol. The lowest BCUT2D eigenvalue weighted by molar-refractivity contribution is -0.142. The molecule has 18 heavy (non-hydrogen) atoms. The van der Waals surface area contributed by atoms with E-state index in [2.05, 4.69) is 20.8 Å². The van der Waals surface area contributed by atoms with Crippen molar-refractivity contribution in [1.82, 2.24) is 25.4 Å². The van der Waals surface area contributed by atoms with E-state index in [1.807, 2.05) is 7.05 Å². The minimum absolute atomic E-state index is 0.355. The number of carbonyl (C=O) groups excluding carboxylic acids is 1. The lowest BCUT2D eigenvalue weighted by Gasteiger charge is -2.21. The first-order valence-corrected chi connectivity index (χ1v) is 5.45. The zero-order valence-corrected chi connectivity index (χ0v) is 10.6. The molecule has 3 N–H and O–H groups in total. The Morgan fingerprint density at radius 2 is 2.17 bits per heavy atom. The summed E-state index contributed by atoms with van der Waals surface area (Å²) >= 11 is 0. The third-order valence-electron chi connectivity index (χ3n) is 2.40. The van der Waals surface area contributed by atoms with Gasteiger partial charge in [0.25, 0.3) is 0 Å². The van der Waals surface area contributed by atoms with Crippen LogP contribution in [0.2, 0.25) is 0 Å². The molecule has 8 heteroatoms. The summed E-state index contributed by atoms with van der Waals surface area (Å²) in [6.07, 6.45) is 2.10. The molecule has 0 saturated carbocycles. The maximum absolute atomic E-state index is 11.4. The predicted molar refractivity (Wildman–Crippen MR) is 63.0 cm³/mol. The molecule has 0 bridgehead atoms. The Kier molecular flexibility index (Phi) is 4.24. The molecule has 0 radical (unpaired) electrons. The summed E-state index contributed by atoms with van der Waals surface area (Å²) in [4.78, 5) is 22.2. The number of carboxylic acid groups (broad SMARTS) is 1. The lowest BCUT2D eigenvalue weighted by atomic mass is 10.1. The average Bonchev–Trinajstić information content (AvgIpc) is 2.63. The second-order valence-electron chi connectivity index (χ2n) is 4.42. The number of rotatable bonds is 5. The molecule has 0 spiro atoms. The highest BCUT2D eigenvalue weighted by molar-refractivity contribution is 5.85. The van der Waals surface area contributed by atoms with Crippen LogP contribution in [0.25, 0.3) is 0 Å². The number of hydrogen-bond donors (Lipinski definition) is 3. The molecule has 100 valence electrons. The minimum Gasteiger partial charge on any atom is -0.480 e. The molecule has 0 saturated heterocycles. The van der Waals surface area contributed by atoms with Crippen LogP contribution in [0.5, 0.6) is 0 Å². The van der Waals surface area contributed by atoms with Crippen LogP contribution in [0, 0.1) is 0 Å². The minimum atomic E-state index is -1.30. The number of nitrogens with one attached hydrogen (secondary N) is 2. The zero-order valence-electron chi connectivity index (χ0n) is 10.6. The van der Waals surface area contributed by atoms with Gasteiger partial charge in [-0.2, -0.15) is 0 Å². The van der Waals surface area contributed by atoms with Crippen LogP contribution in [0.15, 0.2) is 6.33 Å². The Morgan fingerprint density at radius 3 is 2.67 bits per heavy atom. The van der Waals surface area contributed by atoms with Gasteiger partial charge >= 0.3 is 12.0 Å². The van der Waals surface area contributed by atoms with Gasteiger partial charge in [-0.05, 0) is 13.8 Å². The molecule has 0 atom stereocenters. The summed E-state index contributed by atoms with van der Waals surface area (Å²) in [5, 5.41) is 21.3. The van der Waals surface area contributed by atoms with Gasteiger partial charge in [-0.25, -0.2) is 9.59 Å². The fourth-order valence-electron chi connectivity index (χ4n) is 1.20. The second kappa shape index (κ2) is 5.48. The van der Waals surface area contributed by atoms with E-state index in [0.717, 1.165) is 5.82 Å². The Labute approximate surface area is 104 Å². The fourth-order valence-corrected chi connectivity index (χ4v) is 1.20. The van der Waals surface area contributed by atoms with Gasteiger partial charge in [-0.15, -0.1) is 10.2 Å². The van der Waals surface area contributed by atoms with Gasteiger partial charge in [0.15, 0.2) is 0 Å². The first kappa shape index (κ1) is 13.9. The van der Waals surface area contributed by atoms with E-state index in [1.165, 1.54) is 13.8 Å². The van der Waals surface area contributed by atoms with Gasteiger partial charge in [0, 0.05) is 20.0 Å². The van der Waals surface area contributed by atoms with E-state index in [9.17, 15) is 9.59 Å². The quantitative estimate of drug-likeness (QED) is 0.658. The van der Waals surface area contributed by atoms with Gasteiger partial charge in [-0.3, -0.25) is 0 Å². The molecule has 2 amide bonds. The molecule has 0 aliphatic carbocycles. The number of nitrogens with zero attached hydrogens (tertiary/aromatic N) is 3. The average molecular weight is 255 g/mol. The van der Waals surface area contributed by atoms with Crippen LogP contribution < -0.4 is 10.6 Å². The summed E-state index contributed by atoms with van der Waals surface area (Å²) in [7, 11) is 1.81. The molecule has 1 aromatic heterocycles. The van der Waals surface area contributed by atoms with Crippen LogP contribution >= 0.6 is 0 Å². The van der Waals surface area contributed by atoms with E-state index < -0.39 is 17.5 Å². The van der Waals surface area contributed by atoms with E-state index in [0.29, 0.717) is 13.0 Å². The van der Waals surface area contributed by atoms with Crippen LogP contribution in [0.1, 0.15) is 19.7 Å². The standard InChI is InChI=1S/C10H17N5O3/c1-10(2,8(16)17)13-9(18)11-5-4-7-14-12-6-15(7)3/h6H,4-5H2,1-3H3,(H,16,17)(H2,11,13,18). The molecule has 8 nitrogen and oxygen atoms in total. The predicted octanol–water partition coefficient (Wildman–Crippen LogP) is -0.480. The van der Waals surface area contributed by atoms with Gasteiger partial charge in [0.2, 0.25) is 0 Å². The number of carboxylic acids is 1. The highest BCUT2D eigenvalue weighted by Gasteiger charge is 2.28. The summed E-state index contributed by atoms with van der Waals surface area (Å²) in [6, 6.07) is -0.524. The maximum atomic E-state index is 11.4. The van der Waals surface area contributed by atoms with Crippen molar-refractivity contribution in [3.05, 3.63) is 12.2 Å². The van der Waals surface area contributed by atoms with Gasteiger partial charge in [0.1, 0.15) is 17.7 Å². The molecule has 0 fully saturated rings. The monoisotopic (exact) mass is 255 g/mol. The molecule has 1 heterocycles. The third kappa shape index (κ3) is 3.72. The molecule has 0 aliphatic rings. The van der Waals surface area contributed by atoms with Crippen LogP contribution in [-0.4, -0.2) is 44.0 Å². The Hall–Kier alpha value is -2.12. The van der Waals surface area contributed by atoms with Crippen LogP contribution in [-0.2, 0) is 18.3 Å². The number of aryl methyl sites for hydroxylation is 1. The third-order valence-corrected chi connectivity index (χ3v) is 2.40. The summed E-state index contributed by atoms with van der Waals surface area (Å²) < 4.78 is 1.75. The number of hydrogen-bond acceptors (Lipinski definition) is 4. The summed E-state index contributed by atoms with van der Waals surface area (Å²) in [6.45, 7) is 3.18. The SMILES string of the molecule is Cn1cnnc1CCNC(=O)NC(C)(C)C(=O)O. The topological polar surface area (TPSA) is 109 Å². The Bertz CT molecular complexity index is 440. The Balaban J connectivity index is 2.34. The van der Waals surface area contributed by atoms with Crippen LogP contribution in [0.3, 0.4) is 0 Å². The number of aromatic nitrogens is 3. The van der Waals surface area contributed by atoms with E-state index in [4.69, 9.17) is 5.11 Å². The van der Waals surface area contributed by atoms with Crippen molar-refractivity contribution >= 4 is 12.0 Å². The summed E-state index contributed by atoms with van der Waals surface area (Å²) in [5.41, 5.74) is -1.30. The number of aliphatic carboxylic acids is 1. The second-order valence-corrected chi connectivity index (χ2v) is 4.42. The van der Waals surface area contributed by atoms with Gasteiger partial charge in [-0.1, -0.05) is 0 Å². The molecule has 0 unspecified atom stereocenters. The highest BCUT2D eigenvalue weighted by Crippen LogP contribution is 2.00. The van der Waals surface area contributed by atoms with Crippen LogP contribution in [0.4, 0.5) is 4.79 Å². The number of urea groups is 1. The van der Waals surface area contributed by atoms with Crippen molar-refractivity contribution in [2.24, 2.45) is 7.05 Å². The van der Waals surface area contributed by atoms with Gasteiger partial charge in [0.05, 0.1) is 0 Å². The molecule has 0 aromatic carbocycles. The van der Waals surface area contributed by atoms with Crippen molar-refractivity contribution in [3.8, 4) is 0 Å². The molecule has 1 rings (SSSR count). The first-order valence-electron chi connectivity index (χ1n) is 5.45. The van der Waals surface area contributed by atoms with E-state index >= 15 is 0 Å². The van der Waals surface area contributed by atoms with Crippen molar-refractivity contribution in [2.45, 2.75) is 25.8 Å². The number of amides is 2. The fraction of sp³-hybridized carbons (Fsp3) is 0.600. The normalized spacial score (nSPS) is 11.1. The van der Waals surface area contributed by atoms with Crippen molar-refractivity contribution in [1.29, 1.82) is 0 Å². The van der Waals surface area contributed by atoms with E-state index in [1.54, 1.807) is 10.9 Å². The highest BCUT2D eigenvalue weighted by atomic mass is 16.4. The lowest BCUT2D eigenvalue weighted by Crippen LogP contribution is -2.53. The molecular formula is C10H17N5O3. The van der Waals surface area contributed by atoms with Crippen molar-refractivity contribution in [3.63, 3.8) is 0 Å². The van der Waals surface area contributed by atoms with Crippen molar-refractivity contribution in [2.75, 3.05) is 6.54 Å².